The maximum Gasteiger partial charge on any atom is 0.412 e. The van der Waals surface area contributed by atoms with Gasteiger partial charge in [-0.25, -0.2) is 4.79 Å². The molecule has 1 aliphatic heterocycles. The van der Waals surface area contributed by atoms with Crippen LogP contribution < -0.4 is 5.19 Å². The summed E-state index contributed by atoms with van der Waals surface area (Å²) in [4.78, 5) is 15.5. The molecular weight excluding hydrogens is 450 g/mol. The Hall–Kier alpha value is -2.11. The molecule has 1 heterocycles. The second kappa shape index (κ2) is 9.08. The number of nitrogens with zero attached hydrogens (tertiary/aromatic N) is 1. The fourth-order valence-corrected chi connectivity index (χ4v) is 10.6. The van der Waals surface area contributed by atoms with Gasteiger partial charge in [0.1, 0.15) is 11.8 Å². The molecule has 5 heteroatoms. The van der Waals surface area contributed by atoms with Crippen LogP contribution in [0.3, 0.4) is 0 Å². The molecular formula is C30H43NO3Si. The minimum absolute atomic E-state index is 0.107. The van der Waals surface area contributed by atoms with Crippen molar-refractivity contribution in [3.63, 3.8) is 0 Å². The molecule has 2 aliphatic rings. The van der Waals surface area contributed by atoms with Crippen molar-refractivity contribution in [2.75, 3.05) is 6.61 Å². The van der Waals surface area contributed by atoms with Gasteiger partial charge in [0.2, 0.25) is 0 Å². The maximum absolute atomic E-state index is 13.7. The molecule has 3 atom stereocenters. The molecule has 1 saturated carbocycles. The lowest BCUT2D eigenvalue weighted by molar-refractivity contribution is -0.0617. The second-order valence-electron chi connectivity index (χ2n) is 13.0. The van der Waals surface area contributed by atoms with Crippen LogP contribution in [0.25, 0.3) is 0 Å². The van der Waals surface area contributed by atoms with Gasteiger partial charge in [-0.3, -0.25) is 4.90 Å². The van der Waals surface area contributed by atoms with Crippen molar-refractivity contribution < 1.29 is 14.3 Å². The van der Waals surface area contributed by atoms with Gasteiger partial charge in [0.25, 0.3) is 0 Å². The first-order valence-corrected chi connectivity index (χ1v) is 16.1. The summed E-state index contributed by atoms with van der Waals surface area (Å²) in [5.41, 5.74) is 0.724. The molecule has 1 amide bonds. The molecule has 0 bridgehead atoms. The molecule has 1 aliphatic carbocycles. The lowest BCUT2D eigenvalue weighted by atomic mass is 9.88. The van der Waals surface area contributed by atoms with Gasteiger partial charge in [-0.05, 0) is 57.1 Å². The molecule has 2 fully saturated rings. The predicted octanol–water partition coefficient (Wildman–Crippen LogP) is 6.71. The molecule has 4 nitrogen and oxygen atoms in total. The molecule has 0 radical (unpaired) electrons. The molecule has 35 heavy (non-hydrogen) atoms. The zero-order chi connectivity index (χ0) is 25.6. The summed E-state index contributed by atoms with van der Waals surface area (Å²) in [6.45, 7) is 18.1. The van der Waals surface area contributed by atoms with Crippen molar-refractivity contribution >= 4 is 19.4 Å². The summed E-state index contributed by atoms with van der Waals surface area (Å²) in [5.74, 6) is 0.257. The number of rotatable bonds is 5. The number of benzene rings is 2. The van der Waals surface area contributed by atoms with Gasteiger partial charge >= 0.3 is 6.09 Å². The van der Waals surface area contributed by atoms with E-state index in [0.29, 0.717) is 12.1 Å². The number of ether oxygens (including phenoxy) is 2. The zero-order valence-corrected chi connectivity index (χ0v) is 23.8. The standard InChI is InChI=1S/C30H43NO3Si/c1-28(2)19-24(25(20-28)34-27(32)31-29(3,4)21-33-30(31,5)6)26(22-15-11-9-12-16-22)35(7,8)23-17-13-10-14-18-23/h9-18,24-26H,19-21H2,1-8H3/t24-,25-,26-/m1/s1. The number of amides is 1. The molecule has 190 valence electrons. The van der Waals surface area contributed by atoms with Gasteiger partial charge in [0.15, 0.2) is 0 Å². The quantitative estimate of drug-likeness (QED) is 0.434. The largest absolute Gasteiger partial charge is 0.446 e. The van der Waals surface area contributed by atoms with E-state index in [-0.39, 0.29) is 23.5 Å². The number of carbonyl (C=O) groups excluding carboxylic acids is 1. The SMILES string of the molecule is CC1(C)C[C@@H]([C@@H](c2ccccc2)[Si](C)(C)c2ccccc2)[C@H](OC(=O)N2C(C)(C)COC2(C)C)C1. The molecule has 0 aromatic heterocycles. The average Bonchev–Trinajstić information content (AvgIpc) is 3.19. The van der Waals surface area contributed by atoms with Gasteiger partial charge in [-0.1, -0.05) is 92.8 Å². The van der Waals surface area contributed by atoms with Crippen LogP contribution >= 0.6 is 0 Å². The van der Waals surface area contributed by atoms with E-state index in [2.05, 4.69) is 101 Å². The monoisotopic (exact) mass is 493 g/mol. The highest BCUT2D eigenvalue weighted by molar-refractivity contribution is 6.91. The predicted molar refractivity (Wildman–Crippen MR) is 145 cm³/mol. The van der Waals surface area contributed by atoms with Crippen molar-refractivity contribution in [1.82, 2.24) is 4.90 Å². The van der Waals surface area contributed by atoms with Crippen molar-refractivity contribution in [2.24, 2.45) is 11.3 Å². The number of hydrogen-bond acceptors (Lipinski definition) is 3. The first-order chi connectivity index (χ1) is 16.2. The molecule has 2 aromatic rings. The van der Waals surface area contributed by atoms with Gasteiger partial charge < -0.3 is 9.47 Å². The Morgan fingerprint density at radius 2 is 1.51 bits per heavy atom. The van der Waals surface area contributed by atoms with E-state index in [1.165, 1.54) is 10.8 Å². The van der Waals surface area contributed by atoms with E-state index in [4.69, 9.17) is 9.47 Å². The normalized spacial score (nSPS) is 25.9. The summed E-state index contributed by atoms with van der Waals surface area (Å²) < 4.78 is 12.5. The number of hydrogen-bond donors (Lipinski definition) is 0. The summed E-state index contributed by atoms with van der Waals surface area (Å²) in [6.07, 6.45) is 1.53. The van der Waals surface area contributed by atoms with E-state index in [0.717, 1.165) is 12.8 Å². The third-order valence-corrected chi connectivity index (χ3v) is 12.4. The summed E-state index contributed by atoms with van der Waals surface area (Å²) in [5, 5.41) is 1.44. The van der Waals surface area contributed by atoms with Crippen LogP contribution in [0.15, 0.2) is 60.7 Å². The van der Waals surface area contributed by atoms with Crippen LogP contribution in [-0.2, 0) is 9.47 Å². The Labute approximate surface area is 213 Å². The van der Waals surface area contributed by atoms with Gasteiger partial charge in [-0.2, -0.15) is 0 Å². The topological polar surface area (TPSA) is 38.8 Å². The van der Waals surface area contributed by atoms with Crippen LogP contribution in [0.2, 0.25) is 13.1 Å². The average molecular weight is 494 g/mol. The lowest BCUT2D eigenvalue weighted by Gasteiger charge is -2.41. The van der Waals surface area contributed by atoms with Crippen molar-refractivity contribution in [2.45, 2.75) is 90.4 Å². The summed E-state index contributed by atoms with van der Waals surface area (Å²) >= 11 is 0. The Kier molecular flexibility index (Phi) is 6.73. The van der Waals surface area contributed by atoms with Crippen LogP contribution in [0.5, 0.6) is 0 Å². The summed E-state index contributed by atoms with van der Waals surface area (Å²) in [7, 11) is -1.99. The maximum atomic E-state index is 13.7. The van der Waals surface area contributed by atoms with Crippen LogP contribution in [0.4, 0.5) is 4.79 Å². The highest BCUT2D eigenvalue weighted by Crippen LogP contribution is 2.51. The molecule has 0 unspecified atom stereocenters. The molecule has 2 aromatic carbocycles. The lowest BCUT2D eigenvalue weighted by Crippen LogP contribution is -2.55. The van der Waals surface area contributed by atoms with Crippen molar-refractivity contribution in [3.05, 3.63) is 66.2 Å². The van der Waals surface area contributed by atoms with Gasteiger partial charge in [-0.15, -0.1) is 0 Å². The fourth-order valence-electron chi connectivity index (χ4n) is 6.78. The smallest absolute Gasteiger partial charge is 0.412 e. The molecule has 0 spiro atoms. The first kappa shape index (κ1) is 26.0. The van der Waals surface area contributed by atoms with Crippen LogP contribution in [-0.4, -0.2) is 43.0 Å². The summed E-state index contributed by atoms with van der Waals surface area (Å²) in [6, 6.07) is 21.9. The van der Waals surface area contributed by atoms with Gasteiger partial charge in [0.05, 0.1) is 20.2 Å². The fraction of sp³-hybridized carbons (Fsp3) is 0.567. The third kappa shape index (κ3) is 5.08. The van der Waals surface area contributed by atoms with Crippen molar-refractivity contribution in [3.8, 4) is 0 Å². The number of carbonyl (C=O) groups is 1. The Bertz CT molecular complexity index is 1020. The Morgan fingerprint density at radius 1 is 0.943 bits per heavy atom. The molecule has 0 N–H and O–H groups in total. The minimum Gasteiger partial charge on any atom is -0.446 e. The minimum atomic E-state index is -1.99. The second-order valence-corrected chi connectivity index (χ2v) is 17.7. The zero-order valence-electron chi connectivity index (χ0n) is 22.8. The first-order valence-electron chi connectivity index (χ1n) is 13.0. The van der Waals surface area contributed by atoms with E-state index < -0.39 is 19.3 Å². The van der Waals surface area contributed by atoms with E-state index in [9.17, 15) is 4.79 Å². The third-order valence-electron chi connectivity index (χ3n) is 8.26. The molecule has 4 rings (SSSR count). The van der Waals surface area contributed by atoms with E-state index in [1.54, 1.807) is 4.90 Å². The van der Waals surface area contributed by atoms with Crippen LogP contribution in [0, 0.1) is 11.3 Å². The highest BCUT2D eigenvalue weighted by atomic mass is 28.3. The van der Waals surface area contributed by atoms with Crippen LogP contribution in [0.1, 0.15) is 65.5 Å². The van der Waals surface area contributed by atoms with Gasteiger partial charge in [0, 0.05) is 5.92 Å². The Balaban J connectivity index is 1.72. The Morgan fingerprint density at radius 3 is 2.06 bits per heavy atom. The van der Waals surface area contributed by atoms with E-state index >= 15 is 0 Å². The van der Waals surface area contributed by atoms with Crippen molar-refractivity contribution in [1.29, 1.82) is 0 Å². The molecule has 1 saturated heterocycles. The van der Waals surface area contributed by atoms with E-state index in [1.807, 2.05) is 13.8 Å². The highest BCUT2D eigenvalue weighted by Gasteiger charge is 2.54.